The number of Topliss-reactive ketones (excluding diaryl/α,β-unsaturated/α-hetero) is 1. The Morgan fingerprint density at radius 1 is 1.53 bits per heavy atom. The van der Waals surface area contributed by atoms with E-state index in [-0.39, 0.29) is 5.78 Å². The maximum Gasteiger partial charge on any atom is 0.181 e. The van der Waals surface area contributed by atoms with Crippen LogP contribution in [0.15, 0.2) is 30.5 Å². The zero-order chi connectivity index (χ0) is 11.3. The van der Waals surface area contributed by atoms with Gasteiger partial charge in [0.05, 0.1) is 0 Å². The van der Waals surface area contributed by atoms with E-state index in [0.717, 1.165) is 18.4 Å². The number of carbonyl (C=O) groups excluding carboxylic acids is 1. The van der Waals surface area contributed by atoms with Crippen molar-refractivity contribution < 1.29 is 4.79 Å². The Balaban J connectivity index is 2.50. The summed E-state index contributed by atoms with van der Waals surface area (Å²) in [4.78, 5) is 15.6. The number of nitrogens with zero attached hydrogens (tertiary/aromatic N) is 1. The quantitative estimate of drug-likeness (QED) is 0.563. The molecule has 80 valence electrons. The van der Waals surface area contributed by atoms with Crippen LogP contribution in [0.25, 0.3) is 0 Å². The number of rotatable bonds is 5. The molecule has 0 radical (unpaired) electrons. The van der Waals surface area contributed by atoms with E-state index in [4.69, 9.17) is 11.6 Å². The van der Waals surface area contributed by atoms with Crippen LogP contribution in [0.1, 0.15) is 36.7 Å². The molecule has 0 spiro atoms. The van der Waals surface area contributed by atoms with Crippen molar-refractivity contribution in [3.8, 4) is 0 Å². The van der Waals surface area contributed by atoms with Crippen molar-refractivity contribution in [2.45, 2.75) is 26.2 Å². The molecule has 1 aromatic rings. The third kappa shape index (κ3) is 4.26. The fourth-order valence-corrected chi connectivity index (χ4v) is 1.40. The summed E-state index contributed by atoms with van der Waals surface area (Å²) in [6.07, 6.45) is 3.75. The number of hydrogen-bond donors (Lipinski definition) is 0. The molecule has 0 amide bonds. The molecule has 0 saturated heterocycles. The molecule has 0 fully saturated rings. The summed E-state index contributed by atoms with van der Waals surface area (Å²) in [5, 5.41) is 0.549. The van der Waals surface area contributed by atoms with Gasteiger partial charge in [0, 0.05) is 17.6 Å². The Morgan fingerprint density at radius 2 is 2.27 bits per heavy atom. The van der Waals surface area contributed by atoms with Gasteiger partial charge in [-0.3, -0.25) is 9.78 Å². The fraction of sp³-hybridized carbons (Fsp3) is 0.333. The van der Waals surface area contributed by atoms with Crippen LogP contribution in [0.2, 0.25) is 5.02 Å². The lowest BCUT2D eigenvalue weighted by molar-refractivity contribution is 0.0975. The molecule has 1 heterocycles. The van der Waals surface area contributed by atoms with Crippen molar-refractivity contribution in [2.75, 3.05) is 0 Å². The Kier molecular flexibility index (Phi) is 4.50. The van der Waals surface area contributed by atoms with Gasteiger partial charge in [0.25, 0.3) is 0 Å². The zero-order valence-electron chi connectivity index (χ0n) is 8.79. The van der Waals surface area contributed by atoms with Crippen LogP contribution in [-0.4, -0.2) is 10.8 Å². The molecule has 0 atom stereocenters. The SMILES string of the molecule is C=C(C)CCCC(=O)c1cc(Cl)ccn1. The van der Waals surface area contributed by atoms with Crippen LogP contribution >= 0.6 is 11.6 Å². The van der Waals surface area contributed by atoms with Crippen molar-refractivity contribution >= 4 is 17.4 Å². The minimum Gasteiger partial charge on any atom is -0.292 e. The first-order chi connectivity index (χ1) is 7.09. The summed E-state index contributed by atoms with van der Waals surface area (Å²) in [7, 11) is 0. The van der Waals surface area contributed by atoms with E-state index < -0.39 is 0 Å². The number of halogens is 1. The van der Waals surface area contributed by atoms with E-state index in [1.807, 2.05) is 6.92 Å². The average Bonchev–Trinajstić information content (AvgIpc) is 2.17. The molecule has 0 aliphatic rings. The topological polar surface area (TPSA) is 30.0 Å². The Bertz CT molecular complexity index is 374. The first-order valence-electron chi connectivity index (χ1n) is 4.88. The van der Waals surface area contributed by atoms with E-state index in [1.165, 1.54) is 0 Å². The van der Waals surface area contributed by atoms with Gasteiger partial charge >= 0.3 is 0 Å². The molecule has 0 aromatic carbocycles. The van der Waals surface area contributed by atoms with Crippen molar-refractivity contribution in [3.05, 3.63) is 41.2 Å². The highest BCUT2D eigenvalue weighted by Gasteiger charge is 2.07. The van der Waals surface area contributed by atoms with Gasteiger partial charge < -0.3 is 0 Å². The van der Waals surface area contributed by atoms with Crippen LogP contribution in [-0.2, 0) is 0 Å². The number of pyridine rings is 1. The van der Waals surface area contributed by atoms with Gasteiger partial charge in [0.2, 0.25) is 0 Å². The maximum absolute atomic E-state index is 11.6. The predicted octanol–water partition coefficient (Wildman–Crippen LogP) is 3.66. The summed E-state index contributed by atoms with van der Waals surface area (Å²) in [6.45, 7) is 5.75. The lowest BCUT2D eigenvalue weighted by Gasteiger charge is -2.00. The van der Waals surface area contributed by atoms with Gasteiger partial charge in [-0.05, 0) is 31.9 Å². The Morgan fingerprint density at radius 3 is 2.87 bits per heavy atom. The number of hydrogen-bond acceptors (Lipinski definition) is 2. The zero-order valence-corrected chi connectivity index (χ0v) is 9.55. The molecule has 2 nitrogen and oxygen atoms in total. The van der Waals surface area contributed by atoms with Crippen molar-refractivity contribution in [3.63, 3.8) is 0 Å². The van der Waals surface area contributed by atoms with Crippen molar-refractivity contribution in [2.24, 2.45) is 0 Å². The first-order valence-corrected chi connectivity index (χ1v) is 5.26. The molecule has 1 rings (SSSR count). The largest absolute Gasteiger partial charge is 0.292 e. The van der Waals surface area contributed by atoms with Crippen LogP contribution in [0, 0.1) is 0 Å². The van der Waals surface area contributed by atoms with Crippen LogP contribution < -0.4 is 0 Å². The molecular formula is C12H14ClNO. The normalized spacial score (nSPS) is 10.0. The molecule has 0 saturated carbocycles. The number of allylic oxidation sites excluding steroid dienone is 1. The van der Waals surface area contributed by atoms with E-state index >= 15 is 0 Å². The fourth-order valence-electron chi connectivity index (χ4n) is 1.24. The van der Waals surface area contributed by atoms with Gasteiger partial charge in [-0.1, -0.05) is 17.2 Å². The highest BCUT2D eigenvalue weighted by molar-refractivity contribution is 6.30. The highest BCUT2D eigenvalue weighted by atomic mass is 35.5. The molecule has 0 unspecified atom stereocenters. The van der Waals surface area contributed by atoms with Gasteiger partial charge in [0.15, 0.2) is 5.78 Å². The minimum absolute atomic E-state index is 0.0405. The van der Waals surface area contributed by atoms with Crippen molar-refractivity contribution in [1.29, 1.82) is 0 Å². The number of ketones is 1. The van der Waals surface area contributed by atoms with Gasteiger partial charge in [-0.2, -0.15) is 0 Å². The van der Waals surface area contributed by atoms with E-state index in [1.54, 1.807) is 18.3 Å². The molecular weight excluding hydrogens is 210 g/mol. The van der Waals surface area contributed by atoms with Gasteiger partial charge in [-0.25, -0.2) is 0 Å². The third-order valence-electron chi connectivity index (χ3n) is 2.02. The summed E-state index contributed by atoms with van der Waals surface area (Å²) >= 11 is 5.77. The minimum atomic E-state index is 0.0405. The van der Waals surface area contributed by atoms with Gasteiger partial charge in [0.1, 0.15) is 5.69 Å². The monoisotopic (exact) mass is 223 g/mol. The van der Waals surface area contributed by atoms with E-state index in [9.17, 15) is 4.79 Å². The summed E-state index contributed by atoms with van der Waals surface area (Å²) in [5.41, 5.74) is 1.55. The van der Waals surface area contributed by atoms with Crippen LogP contribution in [0.3, 0.4) is 0 Å². The smallest absolute Gasteiger partial charge is 0.181 e. The van der Waals surface area contributed by atoms with Crippen LogP contribution in [0.4, 0.5) is 0 Å². The molecule has 0 aliphatic heterocycles. The second-order valence-electron chi connectivity index (χ2n) is 3.59. The average molecular weight is 224 g/mol. The van der Waals surface area contributed by atoms with E-state index in [2.05, 4.69) is 11.6 Å². The second kappa shape index (κ2) is 5.66. The number of carbonyl (C=O) groups is 1. The predicted molar refractivity (Wildman–Crippen MR) is 62.2 cm³/mol. The number of aromatic nitrogens is 1. The standard InChI is InChI=1S/C12H14ClNO/c1-9(2)4-3-5-12(15)11-8-10(13)6-7-14-11/h6-8H,1,3-5H2,2H3. The summed E-state index contributed by atoms with van der Waals surface area (Å²) < 4.78 is 0. The summed E-state index contributed by atoms with van der Waals surface area (Å²) in [6, 6.07) is 3.26. The molecule has 1 aromatic heterocycles. The molecule has 3 heteroatoms. The van der Waals surface area contributed by atoms with Crippen molar-refractivity contribution in [1.82, 2.24) is 4.98 Å². The Hall–Kier alpha value is -1.15. The Labute approximate surface area is 95.0 Å². The third-order valence-corrected chi connectivity index (χ3v) is 2.25. The van der Waals surface area contributed by atoms with Crippen LogP contribution in [0.5, 0.6) is 0 Å². The maximum atomic E-state index is 11.6. The molecule has 0 bridgehead atoms. The lowest BCUT2D eigenvalue weighted by atomic mass is 10.1. The molecule has 0 aliphatic carbocycles. The van der Waals surface area contributed by atoms with E-state index in [0.29, 0.717) is 17.1 Å². The molecule has 15 heavy (non-hydrogen) atoms. The highest BCUT2D eigenvalue weighted by Crippen LogP contribution is 2.12. The summed E-state index contributed by atoms with van der Waals surface area (Å²) in [5.74, 6) is 0.0405. The van der Waals surface area contributed by atoms with Gasteiger partial charge in [-0.15, -0.1) is 6.58 Å². The first kappa shape index (κ1) is 11.9. The lowest BCUT2D eigenvalue weighted by Crippen LogP contribution is -2.01. The second-order valence-corrected chi connectivity index (χ2v) is 4.03. The molecule has 0 N–H and O–H groups in total.